The largest absolute Gasteiger partial charge is 0.487 e. The van der Waals surface area contributed by atoms with E-state index in [2.05, 4.69) is 9.98 Å². The minimum absolute atomic E-state index is 0.0347. The number of hydrogen-bond acceptors (Lipinski definition) is 6. The molecular formula is C20H13FN2O3S. The van der Waals surface area contributed by atoms with Crippen LogP contribution in [0.25, 0.3) is 6.08 Å². The summed E-state index contributed by atoms with van der Waals surface area (Å²) in [5.41, 5.74) is 3.64. The maximum atomic E-state index is 13.8. The van der Waals surface area contributed by atoms with Gasteiger partial charge in [-0.2, -0.15) is 0 Å². The highest BCUT2D eigenvalue weighted by Gasteiger charge is 2.25. The topological polar surface area (TPSA) is 60.8 Å². The third kappa shape index (κ3) is 3.93. The second-order valence-corrected chi connectivity index (χ2v) is 6.37. The number of carbonyl (C=O) groups is 1. The summed E-state index contributed by atoms with van der Waals surface area (Å²) < 4.78 is 24.6. The van der Waals surface area contributed by atoms with Crippen LogP contribution in [-0.2, 0) is 16.1 Å². The van der Waals surface area contributed by atoms with Gasteiger partial charge in [-0.1, -0.05) is 24.3 Å². The molecule has 0 aliphatic carbocycles. The summed E-state index contributed by atoms with van der Waals surface area (Å²) in [6.45, 7) is 0.395. The molecule has 1 aliphatic heterocycles. The predicted octanol–water partition coefficient (Wildman–Crippen LogP) is 4.21. The number of nitrogens with zero attached hydrogens (tertiary/aromatic N) is 2. The summed E-state index contributed by atoms with van der Waals surface area (Å²) in [7, 11) is 0. The van der Waals surface area contributed by atoms with Gasteiger partial charge >= 0.3 is 5.97 Å². The molecule has 0 unspecified atom stereocenters. The highest BCUT2D eigenvalue weighted by Crippen LogP contribution is 2.22. The molecule has 0 saturated heterocycles. The minimum Gasteiger partial charge on any atom is -0.487 e. The van der Waals surface area contributed by atoms with Gasteiger partial charge in [0.15, 0.2) is 5.70 Å². The normalized spacial score (nSPS) is 14.9. The van der Waals surface area contributed by atoms with Crippen molar-refractivity contribution in [3.63, 3.8) is 0 Å². The van der Waals surface area contributed by atoms with Crippen LogP contribution in [0.15, 0.2) is 70.1 Å². The maximum absolute atomic E-state index is 13.8. The minimum atomic E-state index is -0.614. The molecule has 1 aromatic heterocycles. The van der Waals surface area contributed by atoms with Crippen molar-refractivity contribution in [3.8, 4) is 5.75 Å². The van der Waals surface area contributed by atoms with Crippen LogP contribution in [0.3, 0.4) is 0 Å². The quantitative estimate of drug-likeness (QED) is 0.492. The summed E-state index contributed by atoms with van der Waals surface area (Å²) in [5, 5.41) is 1.93. The summed E-state index contributed by atoms with van der Waals surface area (Å²) >= 11 is 1.52. The fourth-order valence-electron chi connectivity index (χ4n) is 2.44. The van der Waals surface area contributed by atoms with Crippen molar-refractivity contribution in [3.05, 3.63) is 87.8 Å². The van der Waals surface area contributed by atoms with Crippen molar-refractivity contribution in [2.24, 2.45) is 4.99 Å². The molecule has 0 amide bonds. The first kappa shape index (κ1) is 17.1. The zero-order chi connectivity index (χ0) is 18.6. The molecule has 0 radical (unpaired) electrons. The molecule has 3 aromatic rings. The van der Waals surface area contributed by atoms with E-state index in [1.54, 1.807) is 48.0 Å². The van der Waals surface area contributed by atoms with Crippen LogP contribution in [0.5, 0.6) is 5.75 Å². The van der Waals surface area contributed by atoms with Gasteiger partial charge < -0.3 is 9.47 Å². The molecule has 4 rings (SSSR count). The lowest BCUT2D eigenvalue weighted by Crippen LogP contribution is -2.07. The standard InChI is InChI=1S/C20H13FN2O3S/c21-17-4-2-1-3-16(17)19-23-18(20(24)26-19)9-13-5-7-15(8-6-13)25-10-14-11-27-12-22-14/h1-9,11-12H,10H2/b18-9-. The summed E-state index contributed by atoms with van der Waals surface area (Å²) in [5.74, 6) is -0.453. The number of hydrogen-bond donors (Lipinski definition) is 0. The van der Waals surface area contributed by atoms with Crippen molar-refractivity contribution < 1.29 is 18.7 Å². The lowest BCUT2D eigenvalue weighted by Gasteiger charge is -2.04. The first-order chi connectivity index (χ1) is 13.2. The Bertz CT molecular complexity index is 1030. The molecule has 0 spiro atoms. The van der Waals surface area contributed by atoms with Gasteiger partial charge in [0.1, 0.15) is 18.2 Å². The molecule has 0 atom stereocenters. The number of rotatable bonds is 5. The lowest BCUT2D eigenvalue weighted by molar-refractivity contribution is -0.129. The Kier molecular flexibility index (Phi) is 4.76. The number of benzene rings is 2. The van der Waals surface area contributed by atoms with Gasteiger partial charge in [0.05, 0.1) is 16.8 Å². The Hall–Kier alpha value is -3.32. The van der Waals surface area contributed by atoms with Gasteiger partial charge in [-0.15, -0.1) is 11.3 Å². The van der Waals surface area contributed by atoms with E-state index in [-0.39, 0.29) is 17.2 Å². The van der Waals surface area contributed by atoms with Gasteiger partial charge in [0.25, 0.3) is 0 Å². The van der Waals surface area contributed by atoms with E-state index >= 15 is 0 Å². The second kappa shape index (κ2) is 7.51. The first-order valence-electron chi connectivity index (χ1n) is 8.06. The van der Waals surface area contributed by atoms with Gasteiger partial charge in [0, 0.05) is 5.38 Å². The Labute approximate surface area is 158 Å². The van der Waals surface area contributed by atoms with E-state index < -0.39 is 11.8 Å². The Balaban J connectivity index is 1.49. The highest BCUT2D eigenvalue weighted by molar-refractivity contribution is 7.07. The van der Waals surface area contributed by atoms with Gasteiger partial charge in [-0.3, -0.25) is 0 Å². The van der Waals surface area contributed by atoms with Crippen LogP contribution >= 0.6 is 11.3 Å². The van der Waals surface area contributed by atoms with E-state index in [9.17, 15) is 9.18 Å². The fraction of sp³-hybridized carbons (Fsp3) is 0.0500. The molecule has 0 bridgehead atoms. The molecule has 2 aromatic carbocycles. The van der Waals surface area contributed by atoms with Gasteiger partial charge in [-0.25, -0.2) is 19.2 Å². The van der Waals surface area contributed by atoms with Gasteiger partial charge in [0.2, 0.25) is 5.90 Å². The van der Waals surface area contributed by atoms with E-state index in [1.807, 2.05) is 5.38 Å². The molecule has 2 heterocycles. The Morgan fingerprint density at radius 1 is 1.15 bits per heavy atom. The third-order valence-electron chi connectivity index (χ3n) is 3.78. The van der Waals surface area contributed by atoms with E-state index in [1.165, 1.54) is 23.5 Å². The molecule has 1 aliphatic rings. The van der Waals surface area contributed by atoms with Crippen molar-refractivity contribution in [1.82, 2.24) is 4.98 Å². The van der Waals surface area contributed by atoms with Crippen molar-refractivity contribution in [2.75, 3.05) is 0 Å². The number of halogens is 1. The fourth-order valence-corrected chi connectivity index (χ4v) is 2.99. The maximum Gasteiger partial charge on any atom is 0.363 e. The zero-order valence-corrected chi connectivity index (χ0v) is 14.8. The number of esters is 1. The van der Waals surface area contributed by atoms with E-state index in [4.69, 9.17) is 9.47 Å². The third-order valence-corrected chi connectivity index (χ3v) is 4.41. The second-order valence-electron chi connectivity index (χ2n) is 5.65. The average Bonchev–Trinajstić information content (AvgIpc) is 3.32. The summed E-state index contributed by atoms with van der Waals surface area (Å²) in [6.07, 6.45) is 1.58. The number of ether oxygens (including phenoxy) is 2. The van der Waals surface area contributed by atoms with Crippen LogP contribution in [-0.4, -0.2) is 16.9 Å². The molecular weight excluding hydrogens is 367 g/mol. The molecule has 0 N–H and O–H groups in total. The van der Waals surface area contributed by atoms with Crippen LogP contribution in [0.1, 0.15) is 16.8 Å². The van der Waals surface area contributed by atoms with Crippen molar-refractivity contribution in [1.29, 1.82) is 0 Å². The Morgan fingerprint density at radius 2 is 1.96 bits per heavy atom. The Morgan fingerprint density at radius 3 is 2.70 bits per heavy atom. The van der Waals surface area contributed by atoms with Crippen molar-refractivity contribution in [2.45, 2.75) is 6.61 Å². The summed E-state index contributed by atoms with van der Waals surface area (Å²) in [4.78, 5) is 20.3. The molecule has 0 fully saturated rings. The number of cyclic esters (lactones) is 1. The molecule has 5 nitrogen and oxygen atoms in total. The smallest absolute Gasteiger partial charge is 0.363 e. The SMILES string of the molecule is O=C1OC(c2ccccc2F)=N/C1=C\c1ccc(OCc2cscn2)cc1. The lowest BCUT2D eigenvalue weighted by atomic mass is 10.2. The highest BCUT2D eigenvalue weighted by atomic mass is 32.1. The van der Waals surface area contributed by atoms with Crippen LogP contribution in [0, 0.1) is 5.82 Å². The number of aliphatic imine (C=N–C) groups is 1. The average molecular weight is 380 g/mol. The zero-order valence-electron chi connectivity index (χ0n) is 14.0. The molecule has 7 heteroatoms. The number of thiazole rings is 1. The number of aromatic nitrogens is 1. The first-order valence-corrected chi connectivity index (χ1v) is 9.01. The van der Waals surface area contributed by atoms with Gasteiger partial charge in [-0.05, 0) is 35.9 Å². The van der Waals surface area contributed by atoms with Crippen LogP contribution in [0.4, 0.5) is 4.39 Å². The predicted molar refractivity (Wildman–Crippen MR) is 99.9 cm³/mol. The van der Waals surface area contributed by atoms with E-state index in [0.717, 1.165) is 11.3 Å². The van der Waals surface area contributed by atoms with Crippen molar-refractivity contribution >= 4 is 29.3 Å². The number of carbonyl (C=O) groups excluding carboxylic acids is 1. The monoisotopic (exact) mass is 380 g/mol. The van der Waals surface area contributed by atoms with E-state index in [0.29, 0.717) is 12.4 Å². The molecule has 0 saturated carbocycles. The molecule has 134 valence electrons. The van der Waals surface area contributed by atoms with Crippen LogP contribution in [0.2, 0.25) is 0 Å². The summed E-state index contributed by atoms with van der Waals surface area (Å²) in [6, 6.07) is 13.2. The molecule has 27 heavy (non-hydrogen) atoms. The van der Waals surface area contributed by atoms with Crippen LogP contribution < -0.4 is 4.74 Å².